The maximum atomic E-state index is 13.8. The molecule has 0 bridgehead atoms. The molecule has 2 aromatic carbocycles. The molecule has 1 aliphatic heterocycles. The van der Waals surface area contributed by atoms with Crippen LogP contribution in [0.3, 0.4) is 0 Å². The van der Waals surface area contributed by atoms with Gasteiger partial charge in [0.15, 0.2) is 0 Å². The van der Waals surface area contributed by atoms with Gasteiger partial charge >= 0.3 is 17.7 Å². The van der Waals surface area contributed by atoms with Gasteiger partial charge < -0.3 is 23.7 Å². The highest BCUT2D eigenvalue weighted by Crippen LogP contribution is 2.30. The number of fused-ring (bicyclic) bond motifs is 1. The number of anilines is 2. The van der Waals surface area contributed by atoms with Crippen LogP contribution in [-0.4, -0.2) is 58.2 Å². The molecule has 44 heavy (non-hydrogen) atoms. The number of carbonyl (C=O) groups is 2. The lowest BCUT2D eigenvalue weighted by Crippen LogP contribution is -2.44. The first-order valence-corrected chi connectivity index (χ1v) is 14.5. The van der Waals surface area contributed by atoms with E-state index in [1.807, 2.05) is 48.5 Å². The summed E-state index contributed by atoms with van der Waals surface area (Å²) in [5.74, 6) is -0.168. The number of aromatic nitrogens is 2. The van der Waals surface area contributed by atoms with Crippen molar-refractivity contribution in [2.45, 2.75) is 65.0 Å². The van der Waals surface area contributed by atoms with E-state index in [-0.39, 0.29) is 23.4 Å². The fourth-order valence-corrected chi connectivity index (χ4v) is 5.20. The normalized spacial score (nSPS) is 16.6. The minimum Gasteiger partial charge on any atom is -0.444 e. The molecule has 0 spiro atoms. The van der Waals surface area contributed by atoms with Crippen LogP contribution in [0.2, 0.25) is 0 Å². The van der Waals surface area contributed by atoms with Gasteiger partial charge in [-0.1, -0.05) is 36.4 Å². The zero-order valence-corrected chi connectivity index (χ0v) is 25.6. The molecule has 11 heteroatoms. The lowest BCUT2D eigenvalue weighted by molar-refractivity contribution is -0.132. The molecule has 2 aromatic heterocycles. The quantitative estimate of drug-likeness (QED) is 0.296. The highest BCUT2D eigenvalue weighted by atomic mass is 16.6. The van der Waals surface area contributed by atoms with Crippen LogP contribution in [0, 0.1) is 6.92 Å². The van der Waals surface area contributed by atoms with E-state index in [4.69, 9.17) is 13.9 Å². The number of carbonyl (C=O) groups excluding carboxylic acids is 2. The predicted octanol–water partition coefficient (Wildman–Crippen LogP) is 5.06. The Labute approximate surface area is 255 Å². The van der Waals surface area contributed by atoms with Crippen molar-refractivity contribution in [3.05, 3.63) is 94.1 Å². The lowest BCUT2D eigenvalue weighted by atomic mass is 10.1. The Hall–Kier alpha value is -4.77. The summed E-state index contributed by atoms with van der Waals surface area (Å²) in [7, 11) is 1.72. The second-order valence-electron chi connectivity index (χ2n) is 11.9. The van der Waals surface area contributed by atoms with Crippen LogP contribution in [0.4, 0.5) is 16.5 Å². The first kappa shape index (κ1) is 30.7. The second kappa shape index (κ2) is 12.8. The number of amides is 2. The summed E-state index contributed by atoms with van der Waals surface area (Å²) in [6.07, 6.45) is 1.13. The average Bonchev–Trinajstić information content (AvgIpc) is 3.41. The van der Waals surface area contributed by atoms with Crippen LogP contribution >= 0.6 is 0 Å². The van der Waals surface area contributed by atoms with E-state index in [0.717, 1.165) is 11.3 Å². The summed E-state index contributed by atoms with van der Waals surface area (Å²) < 4.78 is 17.3. The van der Waals surface area contributed by atoms with Gasteiger partial charge in [0.1, 0.15) is 11.6 Å². The van der Waals surface area contributed by atoms with Crippen molar-refractivity contribution in [1.29, 1.82) is 0 Å². The Morgan fingerprint density at radius 1 is 1.09 bits per heavy atom. The van der Waals surface area contributed by atoms with E-state index in [2.05, 4.69) is 15.3 Å². The van der Waals surface area contributed by atoms with Crippen molar-refractivity contribution in [3.63, 3.8) is 0 Å². The van der Waals surface area contributed by atoms with Crippen LogP contribution in [0.5, 0.6) is 0 Å². The van der Waals surface area contributed by atoms with E-state index >= 15 is 0 Å². The van der Waals surface area contributed by atoms with E-state index in [0.29, 0.717) is 42.9 Å². The van der Waals surface area contributed by atoms with E-state index < -0.39 is 23.4 Å². The van der Waals surface area contributed by atoms with Crippen molar-refractivity contribution in [1.82, 2.24) is 14.9 Å². The molecule has 5 rings (SSSR count). The molecular weight excluding hydrogens is 562 g/mol. The average molecular weight is 600 g/mol. The van der Waals surface area contributed by atoms with Crippen molar-refractivity contribution in [2.75, 3.05) is 23.8 Å². The second-order valence-corrected chi connectivity index (χ2v) is 11.9. The number of nitrogens with one attached hydrogen (secondary N) is 1. The Bertz CT molecular complexity index is 1690. The first-order valence-electron chi connectivity index (χ1n) is 14.5. The maximum absolute atomic E-state index is 13.8. The molecule has 0 aliphatic carbocycles. The van der Waals surface area contributed by atoms with Gasteiger partial charge in [0.25, 0.3) is 0 Å². The fourth-order valence-electron chi connectivity index (χ4n) is 5.20. The number of nitrogens with zero attached hydrogens (tertiary/aromatic N) is 4. The fraction of sp³-hybridized carbons (Fsp3) is 0.364. The minimum absolute atomic E-state index is 0.0325. The molecule has 0 unspecified atom stereocenters. The van der Waals surface area contributed by atoms with Crippen molar-refractivity contribution in [2.24, 2.45) is 0 Å². The number of pyridine rings is 1. The number of benzene rings is 2. The van der Waals surface area contributed by atoms with Crippen LogP contribution < -0.4 is 15.8 Å². The summed E-state index contributed by atoms with van der Waals surface area (Å²) in [4.78, 5) is 51.9. The van der Waals surface area contributed by atoms with E-state index in [9.17, 15) is 14.4 Å². The summed E-state index contributed by atoms with van der Waals surface area (Å²) in [6, 6.07) is 18.0. The molecule has 3 heterocycles. The van der Waals surface area contributed by atoms with Gasteiger partial charge in [-0.3, -0.25) is 15.1 Å². The molecule has 1 aliphatic rings. The van der Waals surface area contributed by atoms with Crippen LogP contribution in [0.15, 0.2) is 76.1 Å². The SMILES string of the molecule is Cc1c(NC(=O)OC(C)(C)C)ccc2nc(N3C[C@H](OCc4ccccc4)C[C@H]3C(=O)N(C)Cc3ccccn3)oc(=O)c12. The predicted molar refractivity (Wildman–Crippen MR) is 166 cm³/mol. The summed E-state index contributed by atoms with van der Waals surface area (Å²) in [6.45, 7) is 8.01. The van der Waals surface area contributed by atoms with Crippen LogP contribution in [-0.2, 0) is 27.4 Å². The number of rotatable bonds is 8. The zero-order chi connectivity index (χ0) is 31.4. The highest BCUT2D eigenvalue weighted by molar-refractivity contribution is 5.93. The van der Waals surface area contributed by atoms with Gasteiger partial charge in [0, 0.05) is 31.9 Å². The summed E-state index contributed by atoms with van der Waals surface area (Å²) in [5, 5.41) is 2.92. The standard InChI is InChI=1S/C33H37N5O6/c1-21-25(36-32(41)44-33(2,3)4)14-15-26-28(21)30(40)43-31(35-26)38-19-24(42-20-22-11-7-6-8-12-22)17-27(38)29(39)37(5)18-23-13-9-10-16-34-23/h6-16,24,27H,17-20H2,1-5H3,(H,36,41)/t24-,27+/m1/s1. The van der Waals surface area contributed by atoms with Crippen LogP contribution in [0.1, 0.15) is 44.0 Å². The molecule has 1 saturated heterocycles. The Morgan fingerprint density at radius 3 is 2.55 bits per heavy atom. The monoisotopic (exact) mass is 599 g/mol. The maximum Gasteiger partial charge on any atom is 0.412 e. The molecule has 230 valence electrons. The van der Waals surface area contributed by atoms with Gasteiger partial charge in [0.2, 0.25) is 5.91 Å². The first-order chi connectivity index (χ1) is 21.0. The molecule has 0 radical (unpaired) electrons. The summed E-state index contributed by atoms with van der Waals surface area (Å²) in [5.41, 5.74) is 1.75. The Kier molecular flexibility index (Phi) is 8.96. The number of ether oxygens (including phenoxy) is 2. The Morgan fingerprint density at radius 2 is 1.84 bits per heavy atom. The number of hydrogen-bond acceptors (Lipinski definition) is 9. The molecule has 1 N–H and O–H groups in total. The van der Waals surface area contributed by atoms with Gasteiger partial charge in [-0.25, -0.2) is 9.59 Å². The summed E-state index contributed by atoms with van der Waals surface area (Å²) >= 11 is 0. The van der Waals surface area contributed by atoms with E-state index in [1.54, 1.807) is 62.9 Å². The zero-order valence-electron chi connectivity index (χ0n) is 25.6. The van der Waals surface area contributed by atoms with Gasteiger partial charge in [-0.15, -0.1) is 0 Å². The van der Waals surface area contributed by atoms with E-state index in [1.165, 1.54) is 0 Å². The molecule has 4 aromatic rings. The van der Waals surface area contributed by atoms with Crippen molar-refractivity contribution in [3.8, 4) is 0 Å². The number of hydrogen-bond donors (Lipinski definition) is 1. The molecule has 0 saturated carbocycles. The van der Waals surface area contributed by atoms with Crippen LogP contribution in [0.25, 0.3) is 10.9 Å². The number of aryl methyl sites for hydroxylation is 1. The third-order valence-corrected chi connectivity index (χ3v) is 7.31. The topological polar surface area (TPSA) is 127 Å². The molecule has 11 nitrogen and oxygen atoms in total. The minimum atomic E-state index is -0.678. The highest BCUT2D eigenvalue weighted by Gasteiger charge is 2.41. The number of likely N-dealkylation sites (N-methyl/N-ethyl adjacent to an activating group) is 1. The molecule has 1 fully saturated rings. The Balaban J connectivity index is 1.42. The van der Waals surface area contributed by atoms with Gasteiger partial charge in [-0.05, 0) is 63.1 Å². The largest absolute Gasteiger partial charge is 0.444 e. The molecular formula is C33H37N5O6. The third kappa shape index (κ3) is 7.23. The van der Waals surface area contributed by atoms with Gasteiger partial charge in [-0.2, -0.15) is 4.98 Å². The third-order valence-electron chi connectivity index (χ3n) is 7.31. The van der Waals surface area contributed by atoms with Gasteiger partial charge in [0.05, 0.1) is 35.9 Å². The lowest BCUT2D eigenvalue weighted by Gasteiger charge is -2.27. The van der Waals surface area contributed by atoms with Crippen molar-refractivity contribution < 1.29 is 23.5 Å². The molecule has 2 amide bonds. The smallest absolute Gasteiger partial charge is 0.412 e. The van der Waals surface area contributed by atoms with Crippen molar-refractivity contribution >= 4 is 34.6 Å². The molecule has 2 atom stereocenters.